The number of nitrogens with zero attached hydrogens (tertiary/aromatic N) is 3. The van der Waals surface area contributed by atoms with Gasteiger partial charge in [-0.15, -0.1) is 0 Å². The number of non-ortho nitro benzene ring substituents is 1. The maximum Gasteiger partial charge on any atom is 0.271 e. The highest BCUT2D eigenvalue weighted by atomic mass is 35.5. The van der Waals surface area contributed by atoms with Crippen LogP contribution in [0.25, 0.3) is 11.8 Å². The molecule has 162 valence electrons. The fraction of sp³-hybridized carbons (Fsp3) is 0.130. The molecule has 1 aromatic heterocycles. The first-order chi connectivity index (χ1) is 15.2. The molecule has 0 spiro atoms. The van der Waals surface area contributed by atoms with Gasteiger partial charge in [0.25, 0.3) is 11.6 Å². The standard InChI is InChI=1S/C23H19ClN4O4/c1-14-10-16(15(2)27(14)19-6-4-18(24)5-7-19)11-17(13-25)23(29)26-21-12-20(28(30)31)8-9-22(21)32-3/h4-12H,1-3H3,(H,26,29)/b17-11+. The molecule has 3 aromatic rings. The lowest BCUT2D eigenvalue weighted by molar-refractivity contribution is -0.384. The first-order valence-electron chi connectivity index (χ1n) is 9.45. The van der Waals surface area contributed by atoms with Gasteiger partial charge in [-0.05, 0) is 61.9 Å². The van der Waals surface area contributed by atoms with Crippen LogP contribution >= 0.6 is 11.6 Å². The Kier molecular flexibility index (Phi) is 6.61. The number of nitro groups is 1. The van der Waals surface area contributed by atoms with E-state index >= 15 is 0 Å². The summed E-state index contributed by atoms with van der Waals surface area (Å²) in [5, 5.41) is 23.8. The predicted octanol–water partition coefficient (Wildman–Crippen LogP) is 5.21. The number of nitro benzene ring substituents is 1. The second-order valence-corrected chi connectivity index (χ2v) is 7.34. The number of carbonyl (C=O) groups excluding carboxylic acids is 1. The Bertz CT molecular complexity index is 1270. The van der Waals surface area contributed by atoms with Crippen molar-refractivity contribution in [2.45, 2.75) is 13.8 Å². The van der Waals surface area contributed by atoms with E-state index in [4.69, 9.17) is 16.3 Å². The molecule has 0 bridgehead atoms. The largest absolute Gasteiger partial charge is 0.495 e. The number of benzene rings is 2. The number of amides is 1. The van der Waals surface area contributed by atoms with E-state index < -0.39 is 10.8 Å². The van der Waals surface area contributed by atoms with E-state index in [9.17, 15) is 20.2 Å². The first-order valence-corrected chi connectivity index (χ1v) is 9.83. The van der Waals surface area contributed by atoms with Gasteiger partial charge < -0.3 is 14.6 Å². The van der Waals surface area contributed by atoms with Crippen LogP contribution in [0.3, 0.4) is 0 Å². The van der Waals surface area contributed by atoms with E-state index in [1.54, 1.807) is 12.1 Å². The Morgan fingerprint density at radius 2 is 1.91 bits per heavy atom. The zero-order valence-electron chi connectivity index (χ0n) is 17.5. The van der Waals surface area contributed by atoms with E-state index in [1.165, 1.54) is 31.4 Å². The highest BCUT2D eigenvalue weighted by Crippen LogP contribution is 2.30. The van der Waals surface area contributed by atoms with Gasteiger partial charge >= 0.3 is 0 Å². The fourth-order valence-corrected chi connectivity index (χ4v) is 3.45. The van der Waals surface area contributed by atoms with Crippen molar-refractivity contribution >= 4 is 35.0 Å². The fourth-order valence-electron chi connectivity index (χ4n) is 3.32. The number of carbonyl (C=O) groups is 1. The Morgan fingerprint density at radius 1 is 1.22 bits per heavy atom. The molecule has 0 saturated carbocycles. The second kappa shape index (κ2) is 9.37. The number of rotatable bonds is 6. The third-order valence-corrected chi connectivity index (χ3v) is 5.11. The summed E-state index contributed by atoms with van der Waals surface area (Å²) in [6.07, 6.45) is 1.48. The molecular formula is C23H19ClN4O4. The van der Waals surface area contributed by atoms with Gasteiger partial charge in [0, 0.05) is 34.2 Å². The Balaban J connectivity index is 1.95. The minimum Gasteiger partial charge on any atom is -0.495 e. The van der Waals surface area contributed by atoms with E-state index in [-0.39, 0.29) is 22.7 Å². The van der Waals surface area contributed by atoms with Gasteiger partial charge in [-0.25, -0.2) is 0 Å². The van der Waals surface area contributed by atoms with Crippen molar-refractivity contribution in [1.82, 2.24) is 4.57 Å². The van der Waals surface area contributed by atoms with Crippen molar-refractivity contribution in [3.05, 3.63) is 86.2 Å². The smallest absolute Gasteiger partial charge is 0.271 e. The zero-order chi connectivity index (χ0) is 23.4. The van der Waals surface area contributed by atoms with Gasteiger partial charge in [0.2, 0.25) is 0 Å². The van der Waals surface area contributed by atoms with Gasteiger partial charge in [-0.3, -0.25) is 14.9 Å². The molecule has 3 rings (SSSR count). The van der Waals surface area contributed by atoms with Gasteiger partial charge in [0.1, 0.15) is 17.4 Å². The Hall–Kier alpha value is -4.09. The monoisotopic (exact) mass is 450 g/mol. The first kappa shape index (κ1) is 22.6. The van der Waals surface area contributed by atoms with Crippen LogP contribution in [0.2, 0.25) is 5.02 Å². The number of halogens is 1. The quantitative estimate of drug-likeness (QED) is 0.240. The van der Waals surface area contributed by atoms with Gasteiger partial charge in [-0.2, -0.15) is 5.26 Å². The maximum absolute atomic E-state index is 12.8. The second-order valence-electron chi connectivity index (χ2n) is 6.90. The summed E-state index contributed by atoms with van der Waals surface area (Å²) in [5.41, 5.74) is 3.06. The molecule has 0 aliphatic carbocycles. The third-order valence-electron chi connectivity index (χ3n) is 4.86. The van der Waals surface area contributed by atoms with E-state index in [1.807, 2.05) is 42.7 Å². The van der Waals surface area contributed by atoms with Crippen molar-refractivity contribution in [2.75, 3.05) is 12.4 Å². The van der Waals surface area contributed by atoms with Crippen LogP contribution in [0, 0.1) is 35.3 Å². The van der Waals surface area contributed by atoms with Gasteiger partial charge in [0.15, 0.2) is 0 Å². The van der Waals surface area contributed by atoms with Crippen molar-refractivity contribution in [3.8, 4) is 17.5 Å². The van der Waals surface area contributed by atoms with Gasteiger partial charge in [0.05, 0.1) is 17.7 Å². The summed E-state index contributed by atoms with van der Waals surface area (Å²) in [4.78, 5) is 23.2. The molecule has 1 heterocycles. The summed E-state index contributed by atoms with van der Waals surface area (Å²) >= 11 is 5.98. The SMILES string of the molecule is COc1ccc([N+](=O)[O-])cc1NC(=O)/C(C#N)=C/c1cc(C)n(-c2ccc(Cl)cc2)c1C. The van der Waals surface area contributed by atoms with Crippen LogP contribution in [0.4, 0.5) is 11.4 Å². The number of hydrogen-bond acceptors (Lipinski definition) is 5. The average molecular weight is 451 g/mol. The van der Waals surface area contributed by atoms with Crippen molar-refractivity contribution in [3.63, 3.8) is 0 Å². The number of methoxy groups -OCH3 is 1. The number of ether oxygens (including phenoxy) is 1. The lowest BCUT2D eigenvalue weighted by atomic mass is 10.1. The van der Waals surface area contributed by atoms with Crippen molar-refractivity contribution < 1.29 is 14.5 Å². The molecule has 0 unspecified atom stereocenters. The molecule has 0 aliphatic rings. The van der Waals surface area contributed by atoms with E-state index in [2.05, 4.69) is 5.32 Å². The molecule has 9 heteroatoms. The average Bonchev–Trinajstić information content (AvgIpc) is 3.05. The highest BCUT2D eigenvalue weighted by Gasteiger charge is 2.17. The van der Waals surface area contributed by atoms with Crippen LogP contribution < -0.4 is 10.1 Å². The van der Waals surface area contributed by atoms with Crippen molar-refractivity contribution in [2.24, 2.45) is 0 Å². The molecule has 32 heavy (non-hydrogen) atoms. The minimum atomic E-state index is -0.706. The molecule has 2 aromatic carbocycles. The summed E-state index contributed by atoms with van der Waals surface area (Å²) in [6.45, 7) is 3.79. The topological polar surface area (TPSA) is 110 Å². The minimum absolute atomic E-state index is 0.0967. The molecular weight excluding hydrogens is 432 g/mol. The summed E-state index contributed by atoms with van der Waals surface area (Å²) in [6, 6.07) is 14.9. The van der Waals surface area contributed by atoms with E-state index in [0.717, 1.165) is 17.1 Å². The van der Waals surface area contributed by atoms with Crippen LogP contribution in [0.5, 0.6) is 5.75 Å². The number of nitrogens with one attached hydrogen (secondary N) is 1. The number of aryl methyl sites for hydroxylation is 1. The van der Waals surface area contributed by atoms with Crippen LogP contribution in [0.15, 0.2) is 54.1 Å². The summed E-state index contributed by atoms with van der Waals surface area (Å²) in [5.74, 6) is -0.468. The lowest BCUT2D eigenvalue weighted by Gasteiger charge is -2.10. The Labute approximate surface area is 189 Å². The van der Waals surface area contributed by atoms with Crippen LogP contribution in [-0.4, -0.2) is 22.5 Å². The van der Waals surface area contributed by atoms with Crippen LogP contribution in [-0.2, 0) is 4.79 Å². The maximum atomic E-state index is 12.8. The number of nitriles is 1. The number of aromatic nitrogens is 1. The van der Waals surface area contributed by atoms with Crippen molar-refractivity contribution in [1.29, 1.82) is 5.26 Å². The summed E-state index contributed by atoms with van der Waals surface area (Å²) < 4.78 is 7.14. The molecule has 0 atom stereocenters. The normalized spacial score (nSPS) is 11.0. The highest BCUT2D eigenvalue weighted by molar-refractivity contribution is 6.30. The molecule has 1 N–H and O–H groups in total. The molecule has 1 amide bonds. The van der Waals surface area contributed by atoms with Gasteiger partial charge in [-0.1, -0.05) is 11.6 Å². The van der Waals surface area contributed by atoms with Crippen LogP contribution in [0.1, 0.15) is 17.0 Å². The molecule has 8 nitrogen and oxygen atoms in total. The zero-order valence-corrected chi connectivity index (χ0v) is 18.3. The molecule has 0 fully saturated rings. The number of hydrogen-bond donors (Lipinski definition) is 1. The molecule has 0 aliphatic heterocycles. The molecule has 0 radical (unpaired) electrons. The van der Waals surface area contributed by atoms with E-state index in [0.29, 0.717) is 10.6 Å². The Morgan fingerprint density at radius 3 is 2.50 bits per heavy atom. The number of anilines is 1. The third kappa shape index (κ3) is 4.63. The lowest BCUT2D eigenvalue weighted by Crippen LogP contribution is -2.14. The molecule has 0 saturated heterocycles. The predicted molar refractivity (Wildman–Crippen MR) is 122 cm³/mol. The summed E-state index contributed by atoms with van der Waals surface area (Å²) in [7, 11) is 1.38.